The van der Waals surface area contributed by atoms with Crippen LogP contribution >= 0.6 is 0 Å². The lowest BCUT2D eigenvalue weighted by Crippen LogP contribution is -2.48. The van der Waals surface area contributed by atoms with E-state index in [0.717, 1.165) is 31.4 Å². The summed E-state index contributed by atoms with van der Waals surface area (Å²) >= 11 is 0. The largest absolute Gasteiger partial charge is 0.360 e. The van der Waals surface area contributed by atoms with Crippen molar-refractivity contribution in [1.82, 2.24) is 10.6 Å². The van der Waals surface area contributed by atoms with Crippen molar-refractivity contribution in [2.45, 2.75) is 58.5 Å². The van der Waals surface area contributed by atoms with Crippen LogP contribution in [0.4, 0.5) is 10.5 Å². The van der Waals surface area contributed by atoms with Gasteiger partial charge in [0.2, 0.25) is 5.91 Å². The van der Waals surface area contributed by atoms with Gasteiger partial charge in [-0.1, -0.05) is 30.5 Å². The van der Waals surface area contributed by atoms with Gasteiger partial charge in [0.15, 0.2) is 0 Å². The van der Waals surface area contributed by atoms with Crippen molar-refractivity contribution in [2.75, 3.05) is 11.4 Å². The third-order valence-corrected chi connectivity index (χ3v) is 4.25. The van der Waals surface area contributed by atoms with E-state index in [0.29, 0.717) is 0 Å². The minimum Gasteiger partial charge on any atom is -0.360 e. The number of nitrogens with one attached hydrogen (secondary N) is 2. The first-order valence-corrected chi connectivity index (χ1v) is 8.39. The van der Waals surface area contributed by atoms with Crippen LogP contribution in [0, 0.1) is 6.92 Å². The monoisotopic (exact) mass is 317 g/mol. The molecule has 0 radical (unpaired) electrons. The Balaban J connectivity index is 1.89. The van der Waals surface area contributed by atoms with Gasteiger partial charge in [0.05, 0.1) is 6.54 Å². The molecule has 2 N–H and O–H groups in total. The third-order valence-electron chi connectivity index (χ3n) is 4.25. The molecule has 23 heavy (non-hydrogen) atoms. The first-order chi connectivity index (χ1) is 11.0. The molecule has 2 rings (SSSR count). The molecule has 5 nitrogen and oxygen atoms in total. The number of hydrogen-bond acceptors (Lipinski definition) is 3. The van der Waals surface area contributed by atoms with Crippen LogP contribution < -0.4 is 15.5 Å². The van der Waals surface area contributed by atoms with E-state index in [-0.39, 0.29) is 30.6 Å². The Kier molecular flexibility index (Phi) is 6.02. The lowest BCUT2D eigenvalue weighted by molar-refractivity contribution is -0.118. The summed E-state index contributed by atoms with van der Waals surface area (Å²) in [5, 5.41) is 5.31. The van der Waals surface area contributed by atoms with Crippen LogP contribution in [-0.4, -0.2) is 30.6 Å². The van der Waals surface area contributed by atoms with E-state index in [9.17, 15) is 9.59 Å². The van der Waals surface area contributed by atoms with Gasteiger partial charge >= 0.3 is 6.03 Å². The maximum atomic E-state index is 12.2. The van der Waals surface area contributed by atoms with E-state index < -0.39 is 0 Å². The molecule has 5 heteroatoms. The molecule has 0 saturated heterocycles. The molecule has 0 atom stereocenters. The number of urea groups is 1. The Hall–Kier alpha value is -2.04. The molecule has 126 valence electrons. The fourth-order valence-corrected chi connectivity index (χ4v) is 2.92. The van der Waals surface area contributed by atoms with Crippen LogP contribution in [0.2, 0.25) is 0 Å². The van der Waals surface area contributed by atoms with Crippen molar-refractivity contribution in [1.29, 1.82) is 0 Å². The highest BCUT2D eigenvalue weighted by Crippen LogP contribution is 2.18. The summed E-state index contributed by atoms with van der Waals surface area (Å²) in [5.41, 5.74) is 2.16. The molecule has 1 aromatic carbocycles. The molecule has 1 aromatic rings. The highest BCUT2D eigenvalue weighted by atomic mass is 16.2. The van der Waals surface area contributed by atoms with Crippen molar-refractivity contribution >= 4 is 17.6 Å². The third kappa shape index (κ3) is 5.27. The molecular weight excluding hydrogens is 290 g/mol. The SMILES string of the molecule is Cc1ccc(N(CC(=O)NC(=O)NC2CCCC2)C(C)C)cc1. The van der Waals surface area contributed by atoms with Crippen molar-refractivity contribution < 1.29 is 9.59 Å². The summed E-state index contributed by atoms with van der Waals surface area (Å²) in [5.74, 6) is -0.283. The zero-order valence-corrected chi connectivity index (χ0v) is 14.3. The molecule has 0 heterocycles. The molecule has 0 aromatic heterocycles. The van der Waals surface area contributed by atoms with Crippen molar-refractivity contribution in [2.24, 2.45) is 0 Å². The Morgan fingerprint density at radius 1 is 1.17 bits per heavy atom. The lowest BCUT2D eigenvalue weighted by atomic mass is 10.2. The van der Waals surface area contributed by atoms with Crippen LogP contribution in [0.1, 0.15) is 45.1 Å². The molecule has 1 fully saturated rings. The van der Waals surface area contributed by atoms with E-state index in [1.165, 1.54) is 5.56 Å². The number of rotatable bonds is 5. The summed E-state index contributed by atoms with van der Waals surface area (Å²) in [4.78, 5) is 26.0. The molecule has 3 amide bonds. The maximum Gasteiger partial charge on any atom is 0.321 e. The van der Waals surface area contributed by atoms with Crippen molar-refractivity contribution in [3.8, 4) is 0 Å². The number of hydrogen-bond donors (Lipinski definition) is 2. The number of nitrogens with zero attached hydrogens (tertiary/aromatic N) is 1. The smallest absolute Gasteiger partial charge is 0.321 e. The number of imide groups is 1. The van der Waals surface area contributed by atoms with Crippen LogP contribution in [0.3, 0.4) is 0 Å². The standard InChI is InChI=1S/C18H27N3O2/c1-13(2)21(16-10-8-14(3)9-11-16)12-17(22)20-18(23)19-15-6-4-5-7-15/h8-11,13,15H,4-7,12H2,1-3H3,(H2,19,20,22,23). The first-order valence-electron chi connectivity index (χ1n) is 8.39. The van der Waals surface area contributed by atoms with Crippen LogP contribution in [0.15, 0.2) is 24.3 Å². The van der Waals surface area contributed by atoms with Gasteiger partial charge in [-0.3, -0.25) is 10.1 Å². The second kappa shape index (κ2) is 7.99. The predicted molar refractivity (Wildman–Crippen MR) is 92.6 cm³/mol. The van der Waals surface area contributed by atoms with E-state index in [1.54, 1.807) is 0 Å². The van der Waals surface area contributed by atoms with E-state index in [4.69, 9.17) is 0 Å². The molecule has 0 aliphatic heterocycles. The van der Waals surface area contributed by atoms with Crippen LogP contribution in [0.25, 0.3) is 0 Å². The highest BCUT2D eigenvalue weighted by molar-refractivity contribution is 5.96. The second-order valence-corrected chi connectivity index (χ2v) is 6.56. The highest BCUT2D eigenvalue weighted by Gasteiger charge is 2.20. The molecule has 0 spiro atoms. The van der Waals surface area contributed by atoms with E-state index in [2.05, 4.69) is 10.6 Å². The van der Waals surface area contributed by atoms with Gasteiger partial charge in [-0.05, 0) is 45.7 Å². The molecular formula is C18H27N3O2. The second-order valence-electron chi connectivity index (χ2n) is 6.56. The minimum atomic E-state index is -0.380. The van der Waals surface area contributed by atoms with Gasteiger partial charge in [0.1, 0.15) is 0 Å². The summed E-state index contributed by atoms with van der Waals surface area (Å²) in [7, 11) is 0. The summed E-state index contributed by atoms with van der Waals surface area (Å²) < 4.78 is 0. The average molecular weight is 317 g/mol. The summed E-state index contributed by atoms with van der Waals surface area (Å²) in [6.07, 6.45) is 4.30. The predicted octanol–water partition coefficient (Wildman–Crippen LogP) is 2.98. The number of aryl methyl sites for hydroxylation is 1. The van der Waals surface area contributed by atoms with E-state index >= 15 is 0 Å². The van der Waals surface area contributed by atoms with Crippen molar-refractivity contribution in [3.05, 3.63) is 29.8 Å². The molecule has 1 saturated carbocycles. The van der Waals surface area contributed by atoms with Crippen LogP contribution in [0.5, 0.6) is 0 Å². The zero-order chi connectivity index (χ0) is 16.8. The number of amides is 3. The van der Waals surface area contributed by atoms with Crippen molar-refractivity contribution in [3.63, 3.8) is 0 Å². The van der Waals surface area contributed by atoms with Gasteiger partial charge in [0.25, 0.3) is 0 Å². The molecule has 0 unspecified atom stereocenters. The Labute approximate surface area is 138 Å². The Morgan fingerprint density at radius 2 is 1.78 bits per heavy atom. The Bertz CT molecular complexity index is 534. The fourth-order valence-electron chi connectivity index (χ4n) is 2.92. The molecule has 1 aliphatic rings. The van der Waals surface area contributed by atoms with E-state index in [1.807, 2.05) is 49.9 Å². The fraction of sp³-hybridized carbons (Fsp3) is 0.556. The Morgan fingerprint density at radius 3 is 2.35 bits per heavy atom. The lowest BCUT2D eigenvalue weighted by Gasteiger charge is -2.28. The normalized spacial score (nSPS) is 14.8. The summed E-state index contributed by atoms with van der Waals surface area (Å²) in [6, 6.07) is 8.05. The quantitative estimate of drug-likeness (QED) is 0.877. The average Bonchev–Trinajstić information content (AvgIpc) is 2.98. The zero-order valence-electron chi connectivity index (χ0n) is 14.3. The van der Waals surface area contributed by atoms with Gasteiger partial charge in [0, 0.05) is 17.8 Å². The van der Waals surface area contributed by atoms with Gasteiger partial charge < -0.3 is 10.2 Å². The molecule has 1 aliphatic carbocycles. The number of carbonyl (C=O) groups is 2. The first kappa shape index (κ1) is 17.3. The number of carbonyl (C=O) groups excluding carboxylic acids is 2. The summed E-state index contributed by atoms with van der Waals surface area (Å²) in [6.45, 7) is 6.26. The number of anilines is 1. The van der Waals surface area contributed by atoms with Gasteiger partial charge in [-0.2, -0.15) is 0 Å². The van der Waals surface area contributed by atoms with Crippen LogP contribution in [-0.2, 0) is 4.79 Å². The molecule has 0 bridgehead atoms. The minimum absolute atomic E-state index is 0.165. The maximum absolute atomic E-state index is 12.2. The number of benzene rings is 1. The van der Waals surface area contributed by atoms with Gasteiger partial charge in [-0.25, -0.2) is 4.79 Å². The van der Waals surface area contributed by atoms with Gasteiger partial charge in [-0.15, -0.1) is 0 Å². The topological polar surface area (TPSA) is 61.4 Å².